The Kier molecular flexibility index (Phi) is 4.32. The second-order valence-electron chi connectivity index (χ2n) is 4.32. The molecule has 1 heterocycles. The molecule has 0 atom stereocenters. The van der Waals surface area contributed by atoms with Crippen LogP contribution in [0, 0.1) is 11.3 Å². The fourth-order valence-corrected chi connectivity index (χ4v) is 3.68. The molecular formula is C14H15N3O2S. The van der Waals surface area contributed by atoms with Gasteiger partial charge in [-0.2, -0.15) is 9.57 Å². The lowest BCUT2D eigenvalue weighted by atomic mass is 10.2. The quantitative estimate of drug-likeness (QED) is 0.791. The van der Waals surface area contributed by atoms with Gasteiger partial charge < -0.3 is 0 Å². The number of hydrogen-bond donors (Lipinski definition) is 0. The van der Waals surface area contributed by atoms with Crippen molar-refractivity contribution >= 4 is 20.9 Å². The van der Waals surface area contributed by atoms with Gasteiger partial charge in [-0.25, -0.2) is 8.42 Å². The van der Waals surface area contributed by atoms with Crippen LogP contribution in [0.15, 0.2) is 41.4 Å². The van der Waals surface area contributed by atoms with E-state index in [9.17, 15) is 8.42 Å². The van der Waals surface area contributed by atoms with Gasteiger partial charge in [0.1, 0.15) is 6.54 Å². The Morgan fingerprint density at radius 3 is 2.80 bits per heavy atom. The molecular weight excluding hydrogens is 274 g/mol. The highest BCUT2D eigenvalue weighted by Gasteiger charge is 2.25. The van der Waals surface area contributed by atoms with Crippen molar-refractivity contribution in [2.45, 2.75) is 18.2 Å². The van der Waals surface area contributed by atoms with Crippen LogP contribution < -0.4 is 0 Å². The molecule has 20 heavy (non-hydrogen) atoms. The van der Waals surface area contributed by atoms with Crippen LogP contribution in [0.5, 0.6) is 0 Å². The van der Waals surface area contributed by atoms with Crippen LogP contribution in [0.2, 0.25) is 0 Å². The van der Waals surface area contributed by atoms with E-state index >= 15 is 0 Å². The number of sulfonamides is 1. The smallest absolute Gasteiger partial charge is 0.244 e. The summed E-state index contributed by atoms with van der Waals surface area (Å²) in [5.74, 6) is 0. The van der Waals surface area contributed by atoms with Crippen LogP contribution in [-0.2, 0) is 10.0 Å². The molecule has 1 aromatic carbocycles. The monoisotopic (exact) mass is 289 g/mol. The zero-order valence-corrected chi connectivity index (χ0v) is 12.0. The van der Waals surface area contributed by atoms with Crippen molar-refractivity contribution in [2.24, 2.45) is 0 Å². The van der Waals surface area contributed by atoms with E-state index in [4.69, 9.17) is 5.26 Å². The van der Waals surface area contributed by atoms with Crippen LogP contribution in [0.3, 0.4) is 0 Å². The van der Waals surface area contributed by atoms with Crippen molar-refractivity contribution in [3.05, 3.63) is 36.5 Å². The molecule has 0 aliphatic carbocycles. The maximum absolute atomic E-state index is 12.7. The van der Waals surface area contributed by atoms with E-state index in [1.54, 1.807) is 36.5 Å². The molecule has 0 radical (unpaired) electrons. The zero-order valence-electron chi connectivity index (χ0n) is 11.2. The van der Waals surface area contributed by atoms with Crippen molar-refractivity contribution in [1.29, 1.82) is 5.26 Å². The third-order valence-electron chi connectivity index (χ3n) is 2.94. The van der Waals surface area contributed by atoms with Gasteiger partial charge in [0.25, 0.3) is 0 Å². The summed E-state index contributed by atoms with van der Waals surface area (Å²) in [5, 5.41) is 9.40. The summed E-state index contributed by atoms with van der Waals surface area (Å²) < 4.78 is 26.5. The molecule has 0 unspecified atom stereocenters. The lowest BCUT2D eigenvalue weighted by Gasteiger charge is -2.19. The van der Waals surface area contributed by atoms with Gasteiger partial charge in [0.15, 0.2) is 0 Å². The van der Waals surface area contributed by atoms with E-state index in [1.807, 2.05) is 13.0 Å². The summed E-state index contributed by atoms with van der Waals surface area (Å²) in [7, 11) is -3.68. The number of rotatable bonds is 5. The molecule has 0 aliphatic rings. The molecule has 0 bridgehead atoms. The number of pyridine rings is 1. The molecule has 104 valence electrons. The summed E-state index contributed by atoms with van der Waals surface area (Å²) in [6.45, 7) is 2.06. The first-order valence-corrected chi connectivity index (χ1v) is 7.76. The van der Waals surface area contributed by atoms with Gasteiger partial charge in [0.2, 0.25) is 10.0 Å². The van der Waals surface area contributed by atoms with Crippen LogP contribution >= 0.6 is 0 Å². The Bertz CT molecular complexity index is 745. The van der Waals surface area contributed by atoms with E-state index in [1.165, 1.54) is 4.31 Å². The maximum Gasteiger partial charge on any atom is 0.244 e. The number of hydrogen-bond acceptors (Lipinski definition) is 4. The number of fused-ring (bicyclic) bond motifs is 1. The number of benzene rings is 1. The minimum atomic E-state index is -3.68. The molecule has 0 N–H and O–H groups in total. The minimum Gasteiger partial charge on any atom is -0.256 e. The molecule has 0 aliphatic heterocycles. The Labute approximate surface area is 118 Å². The van der Waals surface area contributed by atoms with Crippen molar-refractivity contribution in [3.63, 3.8) is 0 Å². The number of nitrogens with zero attached hydrogens (tertiary/aromatic N) is 3. The van der Waals surface area contributed by atoms with Gasteiger partial charge in [-0.15, -0.1) is 0 Å². The molecule has 2 aromatic rings. The molecule has 2 rings (SSSR count). The van der Waals surface area contributed by atoms with E-state index in [0.717, 1.165) is 0 Å². The highest BCUT2D eigenvalue weighted by molar-refractivity contribution is 7.89. The zero-order chi connectivity index (χ0) is 14.6. The maximum atomic E-state index is 12.7. The average Bonchev–Trinajstić information content (AvgIpc) is 2.46. The fourth-order valence-electron chi connectivity index (χ4n) is 2.05. The first kappa shape index (κ1) is 14.4. The second kappa shape index (κ2) is 5.99. The standard InChI is InChI=1S/C14H15N3O2S/c1-2-10-17(11-8-15)20(18,19)14-7-3-6-13-12(14)5-4-9-16-13/h3-7,9H,2,10-11H2,1H3. The molecule has 5 nitrogen and oxygen atoms in total. The van der Waals surface area contributed by atoms with Crippen LogP contribution in [-0.4, -0.2) is 30.8 Å². The highest BCUT2D eigenvalue weighted by atomic mass is 32.2. The Balaban J connectivity index is 2.59. The fraction of sp³-hybridized carbons (Fsp3) is 0.286. The number of nitriles is 1. The van der Waals surface area contributed by atoms with E-state index < -0.39 is 10.0 Å². The van der Waals surface area contributed by atoms with E-state index in [0.29, 0.717) is 23.9 Å². The van der Waals surface area contributed by atoms with Gasteiger partial charge in [-0.1, -0.05) is 13.0 Å². The molecule has 0 saturated carbocycles. The van der Waals surface area contributed by atoms with Crippen molar-refractivity contribution < 1.29 is 8.42 Å². The van der Waals surface area contributed by atoms with Gasteiger partial charge >= 0.3 is 0 Å². The molecule has 0 fully saturated rings. The first-order chi connectivity index (χ1) is 9.61. The Morgan fingerprint density at radius 1 is 1.30 bits per heavy atom. The SMILES string of the molecule is CCCN(CC#N)S(=O)(=O)c1cccc2ncccc12. The summed E-state index contributed by atoms with van der Waals surface area (Å²) >= 11 is 0. The molecule has 6 heteroatoms. The summed E-state index contributed by atoms with van der Waals surface area (Å²) in [4.78, 5) is 4.36. The van der Waals surface area contributed by atoms with Crippen molar-refractivity contribution in [2.75, 3.05) is 13.1 Å². The molecule has 1 aromatic heterocycles. The van der Waals surface area contributed by atoms with Gasteiger partial charge in [0, 0.05) is 18.1 Å². The summed E-state index contributed by atoms with van der Waals surface area (Å²) in [6.07, 6.45) is 2.28. The third kappa shape index (κ3) is 2.64. The predicted octanol–water partition coefficient (Wildman–Crippen LogP) is 2.16. The number of aromatic nitrogens is 1. The Morgan fingerprint density at radius 2 is 2.10 bits per heavy atom. The van der Waals surface area contributed by atoms with Crippen LogP contribution in [0.1, 0.15) is 13.3 Å². The summed E-state index contributed by atoms with van der Waals surface area (Å²) in [6, 6.07) is 10.3. The third-order valence-corrected chi connectivity index (χ3v) is 4.85. The topological polar surface area (TPSA) is 74.1 Å². The lowest BCUT2D eigenvalue weighted by molar-refractivity contribution is 0.445. The lowest BCUT2D eigenvalue weighted by Crippen LogP contribution is -2.32. The van der Waals surface area contributed by atoms with Gasteiger partial charge in [-0.3, -0.25) is 4.98 Å². The first-order valence-electron chi connectivity index (χ1n) is 6.32. The minimum absolute atomic E-state index is 0.146. The molecule has 0 amide bonds. The van der Waals surface area contributed by atoms with Gasteiger partial charge in [-0.05, 0) is 30.7 Å². The van der Waals surface area contributed by atoms with E-state index in [-0.39, 0.29) is 11.4 Å². The normalized spacial score (nSPS) is 11.7. The average molecular weight is 289 g/mol. The highest BCUT2D eigenvalue weighted by Crippen LogP contribution is 2.24. The molecule has 0 spiro atoms. The van der Waals surface area contributed by atoms with Gasteiger partial charge in [0.05, 0.1) is 16.5 Å². The van der Waals surface area contributed by atoms with Crippen molar-refractivity contribution in [1.82, 2.24) is 9.29 Å². The summed E-state index contributed by atoms with van der Waals surface area (Å²) in [5.41, 5.74) is 0.627. The predicted molar refractivity (Wildman–Crippen MR) is 76.4 cm³/mol. The molecule has 0 saturated heterocycles. The van der Waals surface area contributed by atoms with Crippen LogP contribution in [0.25, 0.3) is 10.9 Å². The van der Waals surface area contributed by atoms with Crippen LogP contribution in [0.4, 0.5) is 0 Å². The Hall–Kier alpha value is -1.97. The second-order valence-corrected chi connectivity index (χ2v) is 6.23. The van der Waals surface area contributed by atoms with E-state index in [2.05, 4.69) is 4.98 Å². The largest absolute Gasteiger partial charge is 0.256 e. The van der Waals surface area contributed by atoms with Crippen molar-refractivity contribution in [3.8, 4) is 6.07 Å².